The molecule has 0 amide bonds. The molecule has 300 valence electrons. The van der Waals surface area contributed by atoms with Crippen LogP contribution in [0.25, 0.3) is 0 Å². The zero-order chi connectivity index (χ0) is 36.8. The van der Waals surface area contributed by atoms with Crippen molar-refractivity contribution in [2.75, 3.05) is 0 Å². The van der Waals surface area contributed by atoms with Crippen molar-refractivity contribution in [3.05, 3.63) is 53.6 Å². The lowest BCUT2D eigenvalue weighted by Crippen LogP contribution is -2.03. The molecule has 2 nitrogen and oxygen atoms in total. The van der Waals surface area contributed by atoms with Crippen LogP contribution in [0.3, 0.4) is 0 Å². The van der Waals surface area contributed by atoms with Crippen molar-refractivity contribution >= 4 is 0 Å². The van der Waals surface area contributed by atoms with Crippen LogP contribution < -0.4 is 0 Å². The molecule has 0 atom stereocenters. The molecule has 0 N–H and O–H groups in total. The quantitative estimate of drug-likeness (QED) is 0.0627. The molecule has 1 aromatic carbocycles. The molecule has 0 aliphatic carbocycles. The second-order valence-electron chi connectivity index (χ2n) is 16.7. The van der Waals surface area contributed by atoms with Crippen LogP contribution >= 0.6 is 0 Å². The Hall–Kier alpha value is -1.57. The van der Waals surface area contributed by atoms with Crippen LogP contribution in [0.2, 0.25) is 0 Å². The Morgan fingerprint density at radius 3 is 1.13 bits per heavy atom. The average Bonchev–Trinajstić information content (AvgIpc) is 3.55. The number of nitrogens with zero attached hydrogens (tertiary/aromatic N) is 2. The normalized spacial score (nSPS) is 11.6. The summed E-state index contributed by atoms with van der Waals surface area (Å²) in [5, 5.41) is 0. The third-order valence-corrected chi connectivity index (χ3v) is 11.7. The Balaban J connectivity index is 1.52. The summed E-state index contributed by atoms with van der Waals surface area (Å²) in [6, 6.07) is 11.0. The number of aromatic nitrogens is 2. The zero-order valence-corrected chi connectivity index (χ0v) is 35.4. The van der Waals surface area contributed by atoms with Crippen molar-refractivity contribution in [3.8, 4) is 0 Å². The van der Waals surface area contributed by atoms with Gasteiger partial charge in [-0.05, 0) is 37.7 Å². The molecule has 0 radical (unpaired) electrons. The first kappa shape index (κ1) is 46.6. The minimum absolute atomic E-state index is 1.10. The Morgan fingerprint density at radius 2 is 0.731 bits per heavy atom. The van der Waals surface area contributed by atoms with E-state index >= 15 is 0 Å². The minimum Gasteiger partial charge on any atom is -0.335 e. The Bertz CT molecular complexity index is 922. The van der Waals surface area contributed by atoms with Gasteiger partial charge >= 0.3 is 0 Å². The monoisotopic (exact) mass is 719 g/mol. The number of rotatable bonds is 40. The summed E-state index contributed by atoms with van der Waals surface area (Å²) in [4.78, 5) is 5.21. The van der Waals surface area contributed by atoms with Crippen molar-refractivity contribution < 1.29 is 0 Å². The van der Waals surface area contributed by atoms with Gasteiger partial charge in [0.25, 0.3) is 0 Å². The van der Waals surface area contributed by atoms with Gasteiger partial charge in [-0.15, -0.1) is 0 Å². The maximum atomic E-state index is 5.21. The second kappa shape index (κ2) is 36.4. The highest BCUT2D eigenvalue weighted by molar-refractivity contribution is 5.15. The van der Waals surface area contributed by atoms with Crippen LogP contribution in [-0.4, -0.2) is 9.55 Å². The summed E-state index contributed by atoms with van der Waals surface area (Å²) in [5.74, 6) is 1.37. The van der Waals surface area contributed by atoms with Gasteiger partial charge in [-0.25, -0.2) is 4.98 Å². The summed E-state index contributed by atoms with van der Waals surface area (Å²) in [5.41, 5.74) is 2.78. The number of unbranched alkanes of at least 4 members (excludes halogenated alkanes) is 32. The fraction of sp³-hybridized carbons (Fsp3) is 0.820. The molecule has 1 heterocycles. The van der Waals surface area contributed by atoms with Gasteiger partial charge in [-0.2, -0.15) is 0 Å². The maximum Gasteiger partial charge on any atom is 0.108 e. The van der Waals surface area contributed by atoms with E-state index in [9.17, 15) is 0 Å². The van der Waals surface area contributed by atoms with Gasteiger partial charge in [0.1, 0.15) is 5.82 Å². The summed E-state index contributed by atoms with van der Waals surface area (Å²) in [6.07, 6.45) is 55.8. The third-order valence-electron chi connectivity index (χ3n) is 11.7. The molecule has 0 spiro atoms. The fourth-order valence-corrected chi connectivity index (χ4v) is 8.16. The standard InChI is InChI=1S/C50H90N2/c1-3-5-7-9-11-13-15-17-19-21-23-25-27-29-31-33-38-45-50-51-49(44-40-43-48-41-36-35-37-42-48)47-52(50)46-39-34-32-30-28-26-24-22-20-18-16-14-12-10-8-6-4-2/h35-37,41-42,47H,3-34,38-40,43-46H2,1-2H3. The highest BCUT2D eigenvalue weighted by Gasteiger charge is 2.09. The molecule has 1 aromatic heterocycles. The topological polar surface area (TPSA) is 17.8 Å². The van der Waals surface area contributed by atoms with Crippen LogP contribution in [0.15, 0.2) is 36.5 Å². The van der Waals surface area contributed by atoms with E-state index in [1.165, 1.54) is 248 Å². The minimum atomic E-state index is 1.10. The maximum absolute atomic E-state index is 5.21. The molecule has 2 heteroatoms. The molecular weight excluding hydrogens is 629 g/mol. The highest BCUT2D eigenvalue weighted by Crippen LogP contribution is 2.18. The van der Waals surface area contributed by atoms with E-state index in [0.29, 0.717) is 0 Å². The third kappa shape index (κ3) is 28.0. The first-order valence-corrected chi connectivity index (χ1v) is 23.9. The lowest BCUT2D eigenvalue weighted by Gasteiger charge is -2.08. The smallest absolute Gasteiger partial charge is 0.108 e. The predicted octanol–water partition coefficient (Wildman–Crippen LogP) is 16.9. The van der Waals surface area contributed by atoms with Crippen LogP contribution in [0.5, 0.6) is 0 Å². The molecule has 2 rings (SSSR count). The Kier molecular flexibility index (Phi) is 32.6. The van der Waals surface area contributed by atoms with Crippen molar-refractivity contribution in [1.82, 2.24) is 9.55 Å². The van der Waals surface area contributed by atoms with E-state index in [4.69, 9.17) is 4.98 Å². The van der Waals surface area contributed by atoms with Gasteiger partial charge in [-0.1, -0.05) is 250 Å². The highest BCUT2D eigenvalue weighted by atomic mass is 15.1. The second-order valence-corrected chi connectivity index (χ2v) is 16.7. The van der Waals surface area contributed by atoms with E-state index < -0.39 is 0 Å². The van der Waals surface area contributed by atoms with Crippen LogP contribution in [0.4, 0.5) is 0 Å². The van der Waals surface area contributed by atoms with Gasteiger partial charge in [0, 0.05) is 19.2 Å². The van der Waals surface area contributed by atoms with Gasteiger partial charge in [0.2, 0.25) is 0 Å². The van der Waals surface area contributed by atoms with E-state index in [0.717, 1.165) is 19.3 Å². The van der Waals surface area contributed by atoms with Crippen molar-refractivity contribution in [3.63, 3.8) is 0 Å². The predicted molar refractivity (Wildman–Crippen MR) is 233 cm³/mol. The van der Waals surface area contributed by atoms with Gasteiger partial charge in [0.05, 0.1) is 5.69 Å². The SMILES string of the molecule is CCCCCCCCCCCCCCCCCCCc1nc(CCCc2ccccc2)cn1CCCCCCCCCCCCCCCCCCC. The molecule has 0 saturated carbocycles. The summed E-state index contributed by atoms with van der Waals surface area (Å²) < 4.78 is 2.55. The Morgan fingerprint density at radius 1 is 0.365 bits per heavy atom. The van der Waals surface area contributed by atoms with Crippen LogP contribution in [0.1, 0.15) is 256 Å². The first-order valence-electron chi connectivity index (χ1n) is 23.9. The fourth-order valence-electron chi connectivity index (χ4n) is 8.16. The average molecular weight is 719 g/mol. The summed E-state index contributed by atoms with van der Waals surface area (Å²) in [6.45, 7) is 5.78. The molecule has 0 fully saturated rings. The van der Waals surface area contributed by atoms with Crippen LogP contribution in [-0.2, 0) is 25.8 Å². The van der Waals surface area contributed by atoms with Crippen LogP contribution in [0, 0.1) is 0 Å². The van der Waals surface area contributed by atoms with Gasteiger partial charge < -0.3 is 4.57 Å². The number of hydrogen-bond donors (Lipinski definition) is 0. The Labute approximate surface area is 326 Å². The summed E-state index contributed by atoms with van der Waals surface area (Å²) in [7, 11) is 0. The molecule has 52 heavy (non-hydrogen) atoms. The molecule has 2 aromatic rings. The molecule has 0 bridgehead atoms. The largest absolute Gasteiger partial charge is 0.335 e. The number of benzene rings is 1. The molecular formula is C50H90N2. The number of imidazole rings is 1. The van der Waals surface area contributed by atoms with E-state index in [-0.39, 0.29) is 0 Å². The van der Waals surface area contributed by atoms with E-state index in [1.807, 2.05) is 0 Å². The van der Waals surface area contributed by atoms with Gasteiger partial charge in [0.15, 0.2) is 0 Å². The van der Waals surface area contributed by atoms with Crippen molar-refractivity contribution in [1.29, 1.82) is 0 Å². The van der Waals surface area contributed by atoms with Gasteiger partial charge in [-0.3, -0.25) is 0 Å². The zero-order valence-electron chi connectivity index (χ0n) is 35.4. The summed E-state index contributed by atoms with van der Waals surface area (Å²) >= 11 is 0. The van der Waals surface area contributed by atoms with E-state index in [2.05, 4.69) is 54.9 Å². The molecule has 0 aliphatic rings. The lowest BCUT2D eigenvalue weighted by molar-refractivity contribution is 0.512. The van der Waals surface area contributed by atoms with E-state index in [1.54, 1.807) is 0 Å². The molecule has 0 aliphatic heterocycles. The first-order chi connectivity index (χ1) is 25.8. The number of hydrogen-bond acceptors (Lipinski definition) is 1. The van der Waals surface area contributed by atoms with Crippen molar-refractivity contribution in [2.24, 2.45) is 0 Å². The molecule has 0 unspecified atom stereocenters. The number of aryl methyl sites for hydroxylation is 4. The van der Waals surface area contributed by atoms with Crippen molar-refractivity contribution in [2.45, 2.75) is 264 Å². The molecule has 0 saturated heterocycles. The lowest BCUT2D eigenvalue weighted by atomic mass is 10.0.